The van der Waals surface area contributed by atoms with Crippen molar-refractivity contribution in [1.82, 2.24) is 15.5 Å². The first-order chi connectivity index (χ1) is 10.3. The van der Waals surface area contributed by atoms with Gasteiger partial charge in [-0.05, 0) is 12.8 Å². The normalized spacial score (nSPS) is 25.8. The number of guanidine groups is 1. The van der Waals surface area contributed by atoms with Crippen molar-refractivity contribution in [1.29, 1.82) is 0 Å². The minimum atomic E-state index is 0.497. The molecule has 0 aromatic carbocycles. The van der Waals surface area contributed by atoms with Crippen LogP contribution in [0.4, 0.5) is 0 Å². The summed E-state index contributed by atoms with van der Waals surface area (Å²) in [5.74, 6) is 1.51. The zero-order valence-corrected chi connectivity index (χ0v) is 13.4. The van der Waals surface area contributed by atoms with Gasteiger partial charge in [-0.25, -0.2) is 0 Å². The average Bonchev–Trinajstić information content (AvgIpc) is 3.06. The quantitative estimate of drug-likeness (QED) is 0.545. The first kappa shape index (κ1) is 16.5. The van der Waals surface area contributed by atoms with E-state index in [4.69, 9.17) is 9.47 Å². The lowest BCUT2D eigenvalue weighted by Crippen LogP contribution is -2.53. The molecule has 0 aliphatic carbocycles. The van der Waals surface area contributed by atoms with Gasteiger partial charge < -0.3 is 20.1 Å². The lowest BCUT2D eigenvalue weighted by molar-refractivity contribution is 0.00247. The molecular formula is C15H30N4O2. The van der Waals surface area contributed by atoms with Crippen molar-refractivity contribution in [2.24, 2.45) is 10.9 Å². The van der Waals surface area contributed by atoms with Crippen molar-refractivity contribution in [3.05, 3.63) is 0 Å². The number of aliphatic imine (C=N–C) groups is 1. The van der Waals surface area contributed by atoms with Gasteiger partial charge in [-0.2, -0.15) is 0 Å². The molecule has 2 rings (SSSR count). The third-order valence-corrected chi connectivity index (χ3v) is 4.27. The van der Waals surface area contributed by atoms with Crippen LogP contribution in [-0.2, 0) is 9.47 Å². The fourth-order valence-electron chi connectivity index (χ4n) is 3.02. The standard InChI is InChI=1S/C15H30N4O2/c1-3-5-17-15(16-2)18-11-14(13-4-8-21-12-13)19-6-9-20-10-7-19/h13-14H,3-12H2,1-2H3,(H2,16,17,18). The minimum Gasteiger partial charge on any atom is -0.381 e. The largest absolute Gasteiger partial charge is 0.381 e. The van der Waals surface area contributed by atoms with E-state index in [-0.39, 0.29) is 0 Å². The Bertz CT molecular complexity index is 313. The number of hydrogen-bond acceptors (Lipinski definition) is 4. The van der Waals surface area contributed by atoms with Crippen LogP contribution >= 0.6 is 0 Å². The Kier molecular flexibility index (Phi) is 7.26. The molecule has 0 spiro atoms. The van der Waals surface area contributed by atoms with Crippen molar-refractivity contribution in [2.75, 3.05) is 59.7 Å². The van der Waals surface area contributed by atoms with Crippen molar-refractivity contribution >= 4 is 5.96 Å². The average molecular weight is 298 g/mol. The number of ether oxygens (including phenoxy) is 2. The maximum absolute atomic E-state index is 5.60. The van der Waals surface area contributed by atoms with Gasteiger partial charge in [-0.3, -0.25) is 9.89 Å². The molecule has 122 valence electrons. The van der Waals surface area contributed by atoms with Gasteiger partial charge in [-0.1, -0.05) is 6.92 Å². The van der Waals surface area contributed by atoms with Crippen molar-refractivity contribution < 1.29 is 9.47 Å². The molecule has 2 aliphatic heterocycles. The van der Waals surface area contributed by atoms with Gasteiger partial charge in [0, 0.05) is 51.8 Å². The fraction of sp³-hybridized carbons (Fsp3) is 0.933. The van der Waals surface area contributed by atoms with E-state index < -0.39 is 0 Å². The predicted molar refractivity (Wildman–Crippen MR) is 84.8 cm³/mol. The first-order valence-corrected chi connectivity index (χ1v) is 8.19. The van der Waals surface area contributed by atoms with Crippen LogP contribution in [-0.4, -0.2) is 76.6 Å². The van der Waals surface area contributed by atoms with E-state index in [1.165, 1.54) is 0 Å². The van der Waals surface area contributed by atoms with Gasteiger partial charge >= 0.3 is 0 Å². The molecule has 2 fully saturated rings. The van der Waals surface area contributed by atoms with Crippen molar-refractivity contribution in [3.8, 4) is 0 Å². The molecule has 6 nitrogen and oxygen atoms in total. The number of nitrogens with one attached hydrogen (secondary N) is 2. The molecule has 0 bridgehead atoms. The summed E-state index contributed by atoms with van der Waals surface area (Å²) in [6.45, 7) is 9.52. The molecule has 2 heterocycles. The number of hydrogen-bond donors (Lipinski definition) is 2. The topological polar surface area (TPSA) is 58.1 Å². The summed E-state index contributed by atoms with van der Waals surface area (Å²) >= 11 is 0. The Morgan fingerprint density at radius 3 is 2.67 bits per heavy atom. The second-order valence-electron chi connectivity index (χ2n) is 5.72. The van der Waals surface area contributed by atoms with Crippen LogP contribution in [0.15, 0.2) is 4.99 Å². The van der Waals surface area contributed by atoms with Crippen LogP contribution in [0.25, 0.3) is 0 Å². The van der Waals surface area contributed by atoms with Gasteiger partial charge in [0.05, 0.1) is 19.8 Å². The van der Waals surface area contributed by atoms with Gasteiger partial charge in [-0.15, -0.1) is 0 Å². The van der Waals surface area contributed by atoms with E-state index in [2.05, 4.69) is 27.4 Å². The number of morpholine rings is 1. The van der Waals surface area contributed by atoms with Crippen molar-refractivity contribution in [3.63, 3.8) is 0 Å². The highest BCUT2D eigenvalue weighted by Gasteiger charge is 2.31. The highest BCUT2D eigenvalue weighted by molar-refractivity contribution is 5.79. The Balaban J connectivity index is 1.88. The molecule has 0 aromatic rings. The maximum atomic E-state index is 5.60. The number of nitrogens with zero attached hydrogens (tertiary/aromatic N) is 2. The van der Waals surface area contributed by atoms with Gasteiger partial charge in [0.25, 0.3) is 0 Å². The third-order valence-electron chi connectivity index (χ3n) is 4.27. The van der Waals surface area contributed by atoms with E-state index in [0.29, 0.717) is 12.0 Å². The van der Waals surface area contributed by atoms with Crippen LogP contribution in [0, 0.1) is 5.92 Å². The fourth-order valence-corrected chi connectivity index (χ4v) is 3.02. The van der Waals surface area contributed by atoms with Crippen LogP contribution in [0.3, 0.4) is 0 Å². The Morgan fingerprint density at radius 1 is 1.24 bits per heavy atom. The Labute approximate surface area is 128 Å². The molecule has 2 aliphatic rings. The van der Waals surface area contributed by atoms with Gasteiger partial charge in [0.15, 0.2) is 5.96 Å². The summed E-state index contributed by atoms with van der Waals surface area (Å²) in [6.07, 6.45) is 2.26. The number of rotatable bonds is 6. The predicted octanol–water partition coefficient (Wildman–Crippen LogP) is 0.299. The molecule has 0 aromatic heterocycles. The second kappa shape index (κ2) is 9.23. The van der Waals surface area contributed by atoms with Crippen LogP contribution in [0.2, 0.25) is 0 Å². The summed E-state index contributed by atoms with van der Waals surface area (Å²) in [5.41, 5.74) is 0. The smallest absolute Gasteiger partial charge is 0.191 e. The van der Waals surface area contributed by atoms with E-state index in [9.17, 15) is 0 Å². The summed E-state index contributed by atoms with van der Waals surface area (Å²) in [7, 11) is 1.83. The zero-order chi connectivity index (χ0) is 14.9. The Morgan fingerprint density at radius 2 is 2.05 bits per heavy atom. The molecule has 2 saturated heterocycles. The molecule has 21 heavy (non-hydrogen) atoms. The highest BCUT2D eigenvalue weighted by Crippen LogP contribution is 2.21. The van der Waals surface area contributed by atoms with Gasteiger partial charge in [0.1, 0.15) is 0 Å². The van der Waals surface area contributed by atoms with Crippen LogP contribution < -0.4 is 10.6 Å². The molecule has 2 unspecified atom stereocenters. The SMILES string of the molecule is CCCNC(=NC)NCC(C1CCOC1)N1CCOCC1. The summed E-state index contributed by atoms with van der Waals surface area (Å²) in [4.78, 5) is 6.83. The van der Waals surface area contributed by atoms with Gasteiger partial charge in [0.2, 0.25) is 0 Å². The van der Waals surface area contributed by atoms with E-state index in [0.717, 1.165) is 71.4 Å². The summed E-state index contributed by atoms with van der Waals surface area (Å²) < 4.78 is 11.1. The maximum Gasteiger partial charge on any atom is 0.191 e. The molecule has 2 N–H and O–H groups in total. The summed E-state index contributed by atoms with van der Waals surface area (Å²) in [5, 5.41) is 6.81. The molecule has 2 atom stereocenters. The van der Waals surface area contributed by atoms with Crippen molar-refractivity contribution in [2.45, 2.75) is 25.8 Å². The third kappa shape index (κ3) is 5.13. The highest BCUT2D eigenvalue weighted by atomic mass is 16.5. The lowest BCUT2D eigenvalue weighted by atomic mass is 9.97. The zero-order valence-electron chi connectivity index (χ0n) is 13.4. The molecule has 0 saturated carbocycles. The monoisotopic (exact) mass is 298 g/mol. The van der Waals surface area contributed by atoms with Crippen LogP contribution in [0.5, 0.6) is 0 Å². The lowest BCUT2D eigenvalue weighted by Gasteiger charge is -2.37. The van der Waals surface area contributed by atoms with E-state index >= 15 is 0 Å². The molecule has 6 heteroatoms. The molecular weight excluding hydrogens is 268 g/mol. The minimum absolute atomic E-state index is 0.497. The first-order valence-electron chi connectivity index (χ1n) is 8.19. The molecule has 0 amide bonds. The molecule has 0 radical (unpaired) electrons. The van der Waals surface area contributed by atoms with E-state index in [1.54, 1.807) is 0 Å². The summed E-state index contributed by atoms with van der Waals surface area (Å²) in [6, 6.07) is 0.497. The van der Waals surface area contributed by atoms with Crippen LogP contribution in [0.1, 0.15) is 19.8 Å². The van der Waals surface area contributed by atoms with E-state index in [1.807, 2.05) is 7.05 Å². The second-order valence-corrected chi connectivity index (χ2v) is 5.72. The Hall–Kier alpha value is -0.850.